The van der Waals surface area contributed by atoms with Crippen molar-refractivity contribution >= 4 is 39.9 Å². The number of carbonyl (C=O) groups excluding carboxylic acids is 1. The number of carbonyl (C=O) groups is 2. The zero-order valence-corrected chi connectivity index (χ0v) is 13.8. The Kier molecular flexibility index (Phi) is 4.86. The van der Waals surface area contributed by atoms with Crippen LogP contribution in [-0.4, -0.2) is 23.6 Å². The molecule has 0 unspecified atom stereocenters. The highest BCUT2D eigenvalue weighted by atomic mass is 35.5. The van der Waals surface area contributed by atoms with Gasteiger partial charge in [0.2, 0.25) is 0 Å². The molecule has 0 aliphatic carbocycles. The number of anilines is 1. The molecule has 0 radical (unpaired) electrons. The Bertz CT molecular complexity index is 938. The fraction of sp³-hybridized carbons (Fsp3) is 0.0526. The molecule has 2 N–H and O–H groups in total. The normalized spacial score (nSPS) is 10.4. The first-order valence-electron chi connectivity index (χ1n) is 7.48. The van der Waals surface area contributed by atoms with E-state index in [1.165, 1.54) is 6.07 Å². The third kappa shape index (κ3) is 3.89. The lowest BCUT2D eigenvalue weighted by molar-refractivity contribution is -0.118. The van der Waals surface area contributed by atoms with Gasteiger partial charge in [0.15, 0.2) is 6.61 Å². The Balaban J connectivity index is 1.80. The van der Waals surface area contributed by atoms with Crippen molar-refractivity contribution in [1.82, 2.24) is 0 Å². The number of rotatable bonds is 5. The van der Waals surface area contributed by atoms with Gasteiger partial charge in [0.1, 0.15) is 11.3 Å². The zero-order chi connectivity index (χ0) is 17.8. The van der Waals surface area contributed by atoms with Crippen LogP contribution in [0.3, 0.4) is 0 Å². The van der Waals surface area contributed by atoms with E-state index in [2.05, 4.69) is 5.32 Å². The molecule has 25 heavy (non-hydrogen) atoms. The molecule has 0 spiro atoms. The Hall–Kier alpha value is -3.05. The lowest BCUT2D eigenvalue weighted by atomic mass is 10.1. The fourth-order valence-electron chi connectivity index (χ4n) is 2.43. The van der Waals surface area contributed by atoms with Gasteiger partial charge in [-0.1, -0.05) is 41.9 Å². The summed E-state index contributed by atoms with van der Waals surface area (Å²) in [5.74, 6) is -1.33. The van der Waals surface area contributed by atoms with Crippen molar-refractivity contribution in [3.05, 3.63) is 71.2 Å². The largest absolute Gasteiger partial charge is 0.482 e. The number of carboxylic acids is 1. The summed E-state index contributed by atoms with van der Waals surface area (Å²) in [6.07, 6.45) is 0. The molecule has 0 atom stereocenters. The van der Waals surface area contributed by atoms with Gasteiger partial charge < -0.3 is 15.2 Å². The quantitative estimate of drug-likeness (QED) is 0.718. The molecule has 5 nitrogen and oxygen atoms in total. The molecule has 0 saturated carbocycles. The van der Waals surface area contributed by atoms with Crippen molar-refractivity contribution in [1.29, 1.82) is 0 Å². The average molecular weight is 356 g/mol. The van der Waals surface area contributed by atoms with E-state index >= 15 is 0 Å². The van der Waals surface area contributed by atoms with Gasteiger partial charge in [-0.15, -0.1) is 0 Å². The lowest BCUT2D eigenvalue weighted by Gasteiger charge is -2.12. The first-order chi connectivity index (χ1) is 12.0. The molecule has 0 fully saturated rings. The van der Waals surface area contributed by atoms with Crippen LogP contribution in [0.4, 0.5) is 5.69 Å². The molecule has 3 rings (SSSR count). The minimum atomic E-state index is -1.11. The number of carboxylic acid groups (broad SMARTS) is 1. The molecule has 0 bridgehead atoms. The van der Waals surface area contributed by atoms with E-state index < -0.39 is 11.9 Å². The van der Waals surface area contributed by atoms with Gasteiger partial charge in [0.25, 0.3) is 5.91 Å². The summed E-state index contributed by atoms with van der Waals surface area (Å²) in [4.78, 5) is 23.5. The van der Waals surface area contributed by atoms with E-state index in [0.29, 0.717) is 16.1 Å². The molecule has 0 aliphatic heterocycles. The SMILES string of the molecule is O=C(COc1c(C(=O)O)ccc2ccccc12)Nc1ccc(Cl)cc1. The Morgan fingerprint density at radius 1 is 1.00 bits per heavy atom. The molecule has 0 heterocycles. The summed E-state index contributed by atoms with van der Waals surface area (Å²) >= 11 is 5.80. The smallest absolute Gasteiger partial charge is 0.339 e. The highest BCUT2D eigenvalue weighted by Crippen LogP contribution is 2.30. The van der Waals surface area contributed by atoms with E-state index in [0.717, 1.165) is 5.39 Å². The third-order valence-electron chi connectivity index (χ3n) is 3.59. The highest BCUT2D eigenvalue weighted by molar-refractivity contribution is 6.30. The van der Waals surface area contributed by atoms with Crippen LogP contribution in [-0.2, 0) is 4.79 Å². The third-order valence-corrected chi connectivity index (χ3v) is 3.84. The van der Waals surface area contributed by atoms with Gasteiger partial charge in [-0.2, -0.15) is 0 Å². The number of nitrogens with one attached hydrogen (secondary N) is 1. The first-order valence-corrected chi connectivity index (χ1v) is 7.85. The van der Waals surface area contributed by atoms with Crippen molar-refractivity contribution in [2.24, 2.45) is 0 Å². The average Bonchev–Trinajstić information content (AvgIpc) is 2.61. The summed E-state index contributed by atoms with van der Waals surface area (Å²) in [6.45, 7) is -0.309. The van der Waals surface area contributed by atoms with Crippen molar-refractivity contribution in [3.63, 3.8) is 0 Å². The molecule has 6 heteroatoms. The maximum atomic E-state index is 12.1. The van der Waals surface area contributed by atoms with Gasteiger partial charge in [-0.3, -0.25) is 4.79 Å². The van der Waals surface area contributed by atoms with Crippen LogP contribution in [0, 0.1) is 0 Å². The second-order valence-corrected chi connectivity index (χ2v) is 5.75. The molecule has 126 valence electrons. The lowest BCUT2D eigenvalue weighted by Crippen LogP contribution is -2.21. The summed E-state index contributed by atoms with van der Waals surface area (Å²) in [5.41, 5.74) is 0.590. The summed E-state index contributed by atoms with van der Waals surface area (Å²) in [7, 11) is 0. The molecular weight excluding hydrogens is 342 g/mol. The summed E-state index contributed by atoms with van der Waals surface area (Å²) < 4.78 is 5.55. The van der Waals surface area contributed by atoms with Crippen molar-refractivity contribution in [2.75, 3.05) is 11.9 Å². The van der Waals surface area contributed by atoms with Crippen molar-refractivity contribution in [3.8, 4) is 5.75 Å². The van der Waals surface area contributed by atoms with Crippen molar-refractivity contribution in [2.45, 2.75) is 0 Å². The van der Waals surface area contributed by atoms with Crippen LogP contribution in [0.15, 0.2) is 60.7 Å². The van der Waals surface area contributed by atoms with E-state index in [1.807, 2.05) is 12.1 Å². The molecule has 0 aliphatic rings. The van der Waals surface area contributed by atoms with Gasteiger partial charge >= 0.3 is 5.97 Å². The predicted octanol–water partition coefficient (Wildman–Crippen LogP) is 4.21. The number of hydrogen-bond donors (Lipinski definition) is 2. The van der Waals surface area contributed by atoms with Crippen molar-refractivity contribution < 1.29 is 19.4 Å². The molecule has 1 amide bonds. The molecular formula is C19H14ClNO4. The topological polar surface area (TPSA) is 75.6 Å². The molecule has 0 aromatic heterocycles. The molecule has 0 saturated heterocycles. The minimum Gasteiger partial charge on any atom is -0.482 e. The van der Waals surface area contributed by atoms with Crippen LogP contribution in [0.2, 0.25) is 5.02 Å². The van der Waals surface area contributed by atoms with Crippen LogP contribution in [0.5, 0.6) is 5.75 Å². The number of benzene rings is 3. The van der Waals surface area contributed by atoms with E-state index in [1.54, 1.807) is 42.5 Å². The Morgan fingerprint density at radius 2 is 1.72 bits per heavy atom. The minimum absolute atomic E-state index is 0.0120. The number of fused-ring (bicyclic) bond motifs is 1. The molecule has 3 aromatic carbocycles. The van der Waals surface area contributed by atoms with E-state index in [-0.39, 0.29) is 17.9 Å². The Labute approximate surface area is 148 Å². The Morgan fingerprint density at radius 3 is 2.44 bits per heavy atom. The van der Waals surface area contributed by atoms with Gasteiger partial charge in [0.05, 0.1) is 0 Å². The van der Waals surface area contributed by atoms with Crippen LogP contribution in [0.1, 0.15) is 10.4 Å². The zero-order valence-electron chi connectivity index (χ0n) is 13.0. The number of aromatic carboxylic acids is 1. The second-order valence-electron chi connectivity index (χ2n) is 5.31. The predicted molar refractivity (Wildman–Crippen MR) is 96.5 cm³/mol. The van der Waals surface area contributed by atoms with Gasteiger partial charge in [0, 0.05) is 16.1 Å². The number of ether oxygens (including phenoxy) is 1. The fourth-order valence-corrected chi connectivity index (χ4v) is 2.56. The number of amides is 1. The van der Waals surface area contributed by atoms with Crippen LogP contribution < -0.4 is 10.1 Å². The highest BCUT2D eigenvalue weighted by Gasteiger charge is 2.16. The standard InChI is InChI=1S/C19H14ClNO4/c20-13-6-8-14(9-7-13)21-17(22)11-25-18-15-4-2-1-3-12(15)5-10-16(18)19(23)24/h1-10H,11H2,(H,21,22)(H,23,24). The van der Waals surface area contributed by atoms with Crippen LogP contribution in [0.25, 0.3) is 10.8 Å². The summed E-state index contributed by atoms with van der Waals surface area (Å²) in [6, 6.07) is 17.1. The maximum absolute atomic E-state index is 12.1. The van der Waals surface area contributed by atoms with Gasteiger partial charge in [-0.05, 0) is 35.7 Å². The number of hydrogen-bond acceptors (Lipinski definition) is 3. The first kappa shape index (κ1) is 16.8. The van der Waals surface area contributed by atoms with Crippen LogP contribution >= 0.6 is 11.6 Å². The second kappa shape index (κ2) is 7.23. The monoisotopic (exact) mass is 355 g/mol. The van der Waals surface area contributed by atoms with E-state index in [4.69, 9.17) is 16.3 Å². The number of halogens is 1. The molecule has 3 aromatic rings. The summed E-state index contributed by atoms with van der Waals surface area (Å²) in [5, 5.41) is 14.1. The van der Waals surface area contributed by atoms with E-state index in [9.17, 15) is 14.7 Å². The maximum Gasteiger partial charge on any atom is 0.339 e. The van der Waals surface area contributed by atoms with Gasteiger partial charge in [-0.25, -0.2) is 4.79 Å².